The van der Waals surface area contributed by atoms with Crippen LogP contribution in [0.3, 0.4) is 0 Å². The van der Waals surface area contributed by atoms with E-state index in [9.17, 15) is 0 Å². The van der Waals surface area contributed by atoms with Crippen molar-refractivity contribution in [1.29, 1.82) is 0 Å². The molecule has 11 aromatic carbocycles. The Morgan fingerprint density at radius 2 is 0.521 bits per heavy atom. The molecule has 15 rings (SSSR count). The van der Waals surface area contributed by atoms with Crippen molar-refractivity contribution in [3.8, 4) is 67.5 Å². The van der Waals surface area contributed by atoms with Crippen molar-refractivity contribution in [2.75, 3.05) is 4.90 Å². The summed E-state index contributed by atoms with van der Waals surface area (Å²) in [6.07, 6.45) is 0. The number of anilines is 3. The second-order valence-electron chi connectivity index (χ2n) is 19.1. The Morgan fingerprint density at radius 1 is 0.225 bits per heavy atom. The normalized spacial score (nSPS) is 14.1. The van der Waals surface area contributed by atoms with Gasteiger partial charge >= 0.3 is 0 Å². The average molecular weight is 906 g/mol. The lowest BCUT2D eigenvalue weighted by Gasteiger charge is -2.39. The van der Waals surface area contributed by atoms with Gasteiger partial charge in [0.25, 0.3) is 0 Å². The molecule has 71 heavy (non-hydrogen) atoms. The van der Waals surface area contributed by atoms with E-state index in [2.05, 4.69) is 266 Å². The highest BCUT2D eigenvalue weighted by atomic mass is 16.5. The third kappa shape index (κ3) is 5.54. The number of para-hydroxylation sites is 4. The molecule has 4 aliphatic rings. The summed E-state index contributed by atoms with van der Waals surface area (Å²) in [5, 5.41) is 0. The zero-order valence-corrected chi connectivity index (χ0v) is 38.6. The Hall–Kier alpha value is -9.18. The quantitative estimate of drug-likeness (QED) is 0.172. The van der Waals surface area contributed by atoms with Gasteiger partial charge in [-0.15, -0.1) is 0 Å². The third-order valence-electron chi connectivity index (χ3n) is 15.6. The molecule has 0 saturated carbocycles. The summed E-state index contributed by atoms with van der Waals surface area (Å²) < 4.78 is 13.3. The van der Waals surface area contributed by atoms with E-state index in [0.29, 0.717) is 0 Å². The van der Waals surface area contributed by atoms with E-state index >= 15 is 0 Å². The van der Waals surface area contributed by atoms with Gasteiger partial charge < -0.3 is 14.4 Å². The summed E-state index contributed by atoms with van der Waals surface area (Å²) in [6.45, 7) is 0. The van der Waals surface area contributed by atoms with Crippen LogP contribution < -0.4 is 14.4 Å². The van der Waals surface area contributed by atoms with Crippen LogP contribution in [0.1, 0.15) is 44.5 Å². The van der Waals surface area contributed by atoms with Crippen LogP contribution in [0.4, 0.5) is 17.1 Å². The maximum atomic E-state index is 6.67. The number of nitrogens with zero attached hydrogens (tertiary/aromatic N) is 1. The van der Waals surface area contributed by atoms with Gasteiger partial charge in [0, 0.05) is 39.3 Å². The summed E-state index contributed by atoms with van der Waals surface area (Å²) in [6, 6.07) is 95.1. The molecule has 2 spiro atoms. The summed E-state index contributed by atoms with van der Waals surface area (Å²) in [4.78, 5) is 2.45. The first-order chi connectivity index (χ1) is 35.2. The van der Waals surface area contributed by atoms with Crippen LogP contribution in [-0.4, -0.2) is 0 Å². The molecule has 0 fully saturated rings. The van der Waals surface area contributed by atoms with Crippen molar-refractivity contribution in [2.45, 2.75) is 10.8 Å². The molecule has 2 aliphatic heterocycles. The highest BCUT2D eigenvalue weighted by Crippen LogP contribution is 2.64. The minimum atomic E-state index is -0.555. The summed E-state index contributed by atoms with van der Waals surface area (Å²) in [5.74, 6) is 3.56. The fourth-order valence-electron chi connectivity index (χ4n) is 12.7. The van der Waals surface area contributed by atoms with E-state index < -0.39 is 10.8 Å². The molecule has 2 heterocycles. The Kier molecular flexibility index (Phi) is 8.49. The van der Waals surface area contributed by atoms with Gasteiger partial charge in [-0.25, -0.2) is 0 Å². The van der Waals surface area contributed by atoms with Gasteiger partial charge in [-0.1, -0.05) is 200 Å². The van der Waals surface area contributed by atoms with E-state index in [1.807, 2.05) is 0 Å². The average Bonchev–Trinajstić information content (AvgIpc) is 3.89. The van der Waals surface area contributed by atoms with Crippen molar-refractivity contribution in [3.05, 3.63) is 305 Å². The van der Waals surface area contributed by atoms with Crippen molar-refractivity contribution < 1.29 is 9.47 Å². The molecule has 0 N–H and O–H groups in total. The molecule has 0 unspecified atom stereocenters. The summed E-state index contributed by atoms with van der Waals surface area (Å²) in [5.41, 5.74) is 21.4. The molecule has 332 valence electrons. The lowest BCUT2D eigenvalue weighted by molar-refractivity contribution is 0.436. The monoisotopic (exact) mass is 905 g/mol. The van der Waals surface area contributed by atoms with Crippen LogP contribution >= 0.6 is 0 Å². The van der Waals surface area contributed by atoms with Crippen LogP contribution in [-0.2, 0) is 10.8 Å². The fraction of sp³-hybridized carbons (Fsp3) is 0.0294. The molecule has 11 aromatic rings. The summed E-state index contributed by atoms with van der Waals surface area (Å²) >= 11 is 0. The van der Waals surface area contributed by atoms with Crippen LogP contribution in [0, 0.1) is 0 Å². The molecular formula is C68H43NO2. The van der Waals surface area contributed by atoms with Gasteiger partial charge in [-0.2, -0.15) is 0 Å². The maximum Gasteiger partial charge on any atom is 0.132 e. The Morgan fingerprint density at radius 3 is 0.930 bits per heavy atom. The smallest absolute Gasteiger partial charge is 0.132 e. The molecule has 0 saturated heterocycles. The maximum absolute atomic E-state index is 6.67. The van der Waals surface area contributed by atoms with Crippen molar-refractivity contribution in [1.82, 2.24) is 0 Å². The second kappa shape index (κ2) is 15.2. The SMILES string of the molecule is c1ccc(-c2ccc(-c3ccc(N(c4ccc5c(c4)-c4ccccc4C54c5ccccc5Oc5ccccc54)c4ccc5c(c4)-c4ccccc4C54c5ccccc5Oc5ccccc54)cc3)cc2)cc1. The van der Waals surface area contributed by atoms with E-state index in [0.717, 1.165) is 67.9 Å². The van der Waals surface area contributed by atoms with Gasteiger partial charge in [0.1, 0.15) is 23.0 Å². The van der Waals surface area contributed by atoms with Crippen molar-refractivity contribution in [2.24, 2.45) is 0 Å². The highest BCUT2D eigenvalue weighted by molar-refractivity contribution is 5.95. The van der Waals surface area contributed by atoms with E-state index in [1.54, 1.807) is 0 Å². The van der Waals surface area contributed by atoms with E-state index in [4.69, 9.17) is 9.47 Å². The zero-order chi connectivity index (χ0) is 46.7. The lowest BCUT2D eigenvalue weighted by atomic mass is 9.66. The predicted molar refractivity (Wildman–Crippen MR) is 287 cm³/mol. The summed E-state index contributed by atoms with van der Waals surface area (Å²) in [7, 11) is 0. The molecule has 0 atom stereocenters. The number of ether oxygens (including phenoxy) is 2. The highest BCUT2D eigenvalue weighted by Gasteiger charge is 2.53. The minimum Gasteiger partial charge on any atom is -0.457 e. The second-order valence-corrected chi connectivity index (χ2v) is 19.1. The molecule has 3 nitrogen and oxygen atoms in total. The standard InChI is InChI=1S/C68H43NO2/c1-2-16-44(17-3-1)45-30-32-46(33-31-45)47-34-36-48(37-35-47)69(49-38-40-57-53(42-49)51-18-4-6-20-55(51)67(57)59-22-8-12-26-63(59)70-64-27-13-9-23-60(64)67)50-39-41-58-54(43-50)52-19-5-7-21-56(52)68(58)61-24-10-14-28-65(61)71-66-29-15-11-25-62(66)68/h1-43H. The molecule has 2 aliphatic carbocycles. The first kappa shape index (κ1) is 39.8. The van der Waals surface area contributed by atoms with Crippen LogP contribution in [0.5, 0.6) is 23.0 Å². The van der Waals surface area contributed by atoms with E-state index in [1.165, 1.54) is 61.2 Å². The Balaban J connectivity index is 0.935. The lowest BCUT2D eigenvalue weighted by Crippen LogP contribution is -2.32. The van der Waals surface area contributed by atoms with Gasteiger partial charge in [0.15, 0.2) is 0 Å². The number of rotatable bonds is 5. The fourth-order valence-corrected chi connectivity index (χ4v) is 12.7. The molecule has 3 heteroatoms. The van der Waals surface area contributed by atoms with Gasteiger partial charge in [0.05, 0.1) is 10.8 Å². The first-order valence-electron chi connectivity index (χ1n) is 24.5. The Labute approximate surface area is 413 Å². The zero-order valence-electron chi connectivity index (χ0n) is 38.6. The molecule has 0 aromatic heterocycles. The van der Waals surface area contributed by atoms with Crippen LogP contribution in [0.15, 0.2) is 261 Å². The topological polar surface area (TPSA) is 21.7 Å². The number of hydrogen-bond donors (Lipinski definition) is 0. The van der Waals surface area contributed by atoms with Crippen molar-refractivity contribution >= 4 is 17.1 Å². The van der Waals surface area contributed by atoms with Gasteiger partial charge in [-0.05, 0) is 127 Å². The van der Waals surface area contributed by atoms with E-state index in [-0.39, 0.29) is 0 Å². The molecule has 0 radical (unpaired) electrons. The minimum absolute atomic E-state index is 0.555. The van der Waals surface area contributed by atoms with Gasteiger partial charge in [0.2, 0.25) is 0 Å². The van der Waals surface area contributed by atoms with Crippen molar-refractivity contribution in [3.63, 3.8) is 0 Å². The van der Waals surface area contributed by atoms with Gasteiger partial charge in [-0.3, -0.25) is 0 Å². The predicted octanol–water partition coefficient (Wildman–Crippen LogP) is 17.4. The number of benzene rings is 11. The largest absolute Gasteiger partial charge is 0.457 e. The van der Waals surface area contributed by atoms with Crippen LogP contribution in [0.2, 0.25) is 0 Å². The number of hydrogen-bond acceptors (Lipinski definition) is 3. The molecule has 0 bridgehead atoms. The molecular weight excluding hydrogens is 863 g/mol. The molecule has 0 amide bonds. The Bertz CT molecular complexity index is 3660. The number of fused-ring (bicyclic) bond motifs is 18. The van der Waals surface area contributed by atoms with Crippen LogP contribution in [0.25, 0.3) is 44.5 Å². The first-order valence-corrected chi connectivity index (χ1v) is 24.5. The third-order valence-corrected chi connectivity index (χ3v) is 15.6.